The lowest BCUT2D eigenvalue weighted by Gasteiger charge is -2.25. The molecule has 0 bridgehead atoms. The average molecular weight is 345 g/mol. The molecule has 6 heteroatoms. The molecule has 1 aliphatic rings. The van der Waals surface area contributed by atoms with E-state index >= 15 is 0 Å². The van der Waals surface area contributed by atoms with Crippen LogP contribution in [-0.4, -0.2) is 48.3 Å². The minimum Gasteiger partial charge on any atom is -0.493 e. The van der Waals surface area contributed by atoms with Crippen molar-refractivity contribution < 1.29 is 14.2 Å². The van der Waals surface area contributed by atoms with Gasteiger partial charge in [0.2, 0.25) is 0 Å². The van der Waals surface area contributed by atoms with E-state index in [0.29, 0.717) is 6.10 Å². The van der Waals surface area contributed by atoms with Crippen molar-refractivity contribution in [3.63, 3.8) is 0 Å². The van der Waals surface area contributed by atoms with Crippen molar-refractivity contribution in [1.82, 2.24) is 14.9 Å². The summed E-state index contributed by atoms with van der Waals surface area (Å²) in [4.78, 5) is 10.00. The van der Waals surface area contributed by atoms with Crippen molar-refractivity contribution in [1.29, 1.82) is 0 Å². The number of hydrogen-bond acceptors (Lipinski definition) is 5. The van der Waals surface area contributed by atoms with Gasteiger partial charge in [0.25, 0.3) is 0 Å². The van der Waals surface area contributed by atoms with Gasteiger partial charge in [-0.2, -0.15) is 0 Å². The second-order valence-corrected chi connectivity index (χ2v) is 6.47. The van der Waals surface area contributed by atoms with Gasteiger partial charge < -0.3 is 19.2 Å². The number of ether oxygens (including phenoxy) is 3. The largest absolute Gasteiger partial charge is 0.493 e. The normalized spacial score (nSPS) is 17.2. The number of benzene rings is 1. The summed E-state index contributed by atoms with van der Waals surface area (Å²) in [6.45, 7) is 5.44. The fourth-order valence-electron chi connectivity index (χ4n) is 3.26. The Kier molecular flexibility index (Phi) is 5.94. The van der Waals surface area contributed by atoms with Gasteiger partial charge in [0.1, 0.15) is 0 Å². The molecule has 136 valence electrons. The van der Waals surface area contributed by atoms with Crippen LogP contribution in [0.25, 0.3) is 0 Å². The van der Waals surface area contributed by atoms with Crippen molar-refractivity contribution in [3.8, 4) is 11.5 Å². The van der Waals surface area contributed by atoms with Crippen molar-refractivity contribution >= 4 is 0 Å². The number of hydrogen-bond donors (Lipinski definition) is 1. The molecular formula is C19H27N3O3. The molecule has 1 aliphatic heterocycles. The van der Waals surface area contributed by atoms with Gasteiger partial charge in [-0.05, 0) is 37.5 Å². The number of aromatic nitrogens is 2. The highest BCUT2D eigenvalue weighted by molar-refractivity contribution is 5.42. The zero-order valence-electron chi connectivity index (χ0n) is 15.2. The predicted octanol–water partition coefficient (Wildman–Crippen LogP) is 2.92. The molecule has 0 saturated carbocycles. The summed E-state index contributed by atoms with van der Waals surface area (Å²) >= 11 is 0. The number of imidazole rings is 1. The maximum atomic E-state index is 5.84. The van der Waals surface area contributed by atoms with Crippen LogP contribution in [-0.2, 0) is 17.8 Å². The number of nitrogens with zero attached hydrogens (tertiary/aromatic N) is 2. The van der Waals surface area contributed by atoms with Crippen LogP contribution in [0.2, 0.25) is 0 Å². The van der Waals surface area contributed by atoms with E-state index in [1.807, 2.05) is 12.1 Å². The zero-order chi connectivity index (χ0) is 17.6. The Hall–Kier alpha value is -2.05. The van der Waals surface area contributed by atoms with Crippen molar-refractivity contribution in [2.45, 2.75) is 39.0 Å². The van der Waals surface area contributed by atoms with Gasteiger partial charge in [-0.25, -0.2) is 4.98 Å². The molecule has 2 aromatic rings. The molecule has 1 aromatic carbocycles. The van der Waals surface area contributed by atoms with E-state index in [4.69, 9.17) is 14.2 Å². The van der Waals surface area contributed by atoms with E-state index in [1.54, 1.807) is 20.5 Å². The molecule has 1 atom stereocenters. The quantitative estimate of drug-likeness (QED) is 0.797. The zero-order valence-corrected chi connectivity index (χ0v) is 15.2. The lowest BCUT2D eigenvalue weighted by molar-refractivity contribution is 0.0674. The standard InChI is InChI=1S/C19H27N3O3/c1-14-17(21-13-20-14)12-22(11-16-5-4-8-25-16)10-15-6-7-18(23-2)19(9-15)24-3/h6-7,9,13,16H,4-5,8,10-12H2,1-3H3,(H,20,21)/t16-/m0/s1. The first kappa shape index (κ1) is 17.8. The van der Waals surface area contributed by atoms with E-state index in [1.165, 1.54) is 5.56 Å². The molecule has 1 fully saturated rings. The summed E-state index contributed by atoms with van der Waals surface area (Å²) in [6.07, 6.45) is 4.34. The summed E-state index contributed by atoms with van der Waals surface area (Å²) < 4.78 is 16.6. The number of nitrogens with one attached hydrogen (secondary N) is 1. The van der Waals surface area contributed by atoms with Crippen LogP contribution < -0.4 is 9.47 Å². The third-order valence-electron chi connectivity index (χ3n) is 4.65. The maximum absolute atomic E-state index is 5.84. The molecule has 25 heavy (non-hydrogen) atoms. The smallest absolute Gasteiger partial charge is 0.161 e. The summed E-state index contributed by atoms with van der Waals surface area (Å²) in [5.41, 5.74) is 3.38. The predicted molar refractivity (Wildman–Crippen MR) is 96.0 cm³/mol. The van der Waals surface area contributed by atoms with Gasteiger partial charge in [-0.15, -0.1) is 0 Å². The minimum absolute atomic E-state index is 0.305. The molecule has 1 saturated heterocycles. The van der Waals surface area contributed by atoms with Crippen LogP contribution in [0.15, 0.2) is 24.5 Å². The maximum Gasteiger partial charge on any atom is 0.161 e. The van der Waals surface area contributed by atoms with Crippen molar-refractivity contribution in [3.05, 3.63) is 41.5 Å². The van der Waals surface area contributed by atoms with Gasteiger partial charge >= 0.3 is 0 Å². The van der Waals surface area contributed by atoms with Crippen LogP contribution in [0.5, 0.6) is 11.5 Å². The van der Waals surface area contributed by atoms with E-state index < -0.39 is 0 Å². The first-order chi connectivity index (χ1) is 12.2. The SMILES string of the molecule is COc1ccc(CN(Cc2nc[nH]c2C)C[C@@H]2CCCO2)cc1OC. The summed E-state index contributed by atoms with van der Waals surface area (Å²) in [7, 11) is 3.32. The van der Waals surface area contributed by atoms with Gasteiger partial charge in [-0.1, -0.05) is 6.07 Å². The average Bonchev–Trinajstić information content (AvgIpc) is 3.27. The molecule has 0 spiro atoms. The summed E-state index contributed by atoms with van der Waals surface area (Å²) in [6, 6.07) is 6.08. The molecule has 6 nitrogen and oxygen atoms in total. The number of methoxy groups -OCH3 is 2. The minimum atomic E-state index is 0.305. The fraction of sp³-hybridized carbons (Fsp3) is 0.526. The lowest BCUT2D eigenvalue weighted by Crippen LogP contribution is -2.31. The first-order valence-corrected chi connectivity index (χ1v) is 8.73. The molecule has 0 aliphatic carbocycles. The second-order valence-electron chi connectivity index (χ2n) is 6.47. The molecule has 2 heterocycles. The Morgan fingerprint density at radius 2 is 2.08 bits per heavy atom. The van der Waals surface area contributed by atoms with Gasteiger partial charge in [-0.3, -0.25) is 4.90 Å². The Labute approximate surface area is 149 Å². The molecule has 0 radical (unpaired) electrons. The van der Waals surface area contributed by atoms with Crippen molar-refractivity contribution in [2.24, 2.45) is 0 Å². The van der Waals surface area contributed by atoms with Gasteiger partial charge in [0.05, 0.1) is 32.3 Å². The first-order valence-electron chi connectivity index (χ1n) is 8.73. The Bertz CT molecular complexity index is 680. The van der Waals surface area contributed by atoms with E-state index in [-0.39, 0.29) is 0 Å². The summed E-state index contributed by atoms with van der Waals surface area (Å²) in [5.74, 6) is 1.51. The second kappa shape index (κ2) is 8.36. The van der Waals surface area contributed by atoms with Crippen LogP contribution in [0, 0.1) is 6.92 Å². The number of aromatic amines is 1. The van der Waals surface area contributed by atoms with Gasteiger partial charge in [0.15, 0.2) is 11.5 Å². The Morgan fingerprint density at radius 3 is 2.72 bits per heavy atom. The molecular weight excluding hydrogens is 318 g/mol. The highest BCUT2D eigenvalue weighted by atomic mass is 16.5. The van der Waals surface area contributed by atoms with Gasteiger partial charge in [0, 0.05) is 31.9 Å². The van der Waals surface area contributed by atoms with Crippen LogP contribution >= 0.6 is 0 Å². The van der Waals surface area contributed by atoms with E-state index in [9.17, 15) is 0 Å². The van der Waals surface area contributed by atoms with Crippen LogP contribution in [0.3, 0.4) is 0 Å². The third kappa shape index (κ3) is 4.52. The monoisotopic (exact) mass is 345 g/mol. The number of aryl methyl sites for hydroxylation is 1. The topological polar surface area (TPSA) is 59.6 Å². The molecule has 1 aromatic heterocycles. The molecule has 1 N–H and O–H groups in total. The highest BCUT2D eigenvalue weighted by Crippen LogP contribution is 2.28. The Morgan fingerprint density at radius 1 is 1.24 bits per heavy atom. The summed E-state index contributed by atoms with van der Waals surface area (Å²) in [5, 5.41) is 0. The van der Waals surface area contributed by atoms with Crippen molar-refractivity contribution in [2.75, 3.05) is 27.4 Å². The van der Waals surface area contributed by atoms with Crippen LogP contribution in [0.4, 0.5) is 0 Å². The number of rotatable bonds is 8. The number of H-pyrrole nitrogens is 1. The third-order valence-corrected chi connectivity index (χ3v) is 4.65. The van der Waals surface area contributed by atoms with Crippen LogP contribution in [0.1, 0.15) is 29.8 Å². The molecule has 0 unspecified atom stereocenters. The lowest BCUT2D eigenvalue weighted by atomic mass is 10.1. The molecule has 3 rings (SSSR count). The highest BCUT2D eigenvalue weighted by Gasteiger charge is 2.21. The molecule has 0 amide bonds. The van der Waals surface area contributed by atoms with E-state index in [0.717, 1.165) is 62.0 Å². The Balaban J connectivity index is 1.75. The van der Waals surface area contributed by atoms with E-state index in [2.05, 4.69) is 27.9 Å². The fourth-order valence-corrected chi connectivity index (χ4v) is 3.26.